The third-order valence-electron chi connectivity index (χ3n) is 4.02. The molecule has 5 nitrogen and oxygen atoms in total. The number of anilines is 1. The minimum atomic E-state index is -0.460. The number of aromatic nitrogens is 1. The average Bonchev–Trinajstić information content (AvgIpc) is 2.69. The summed E-state index contributed by atoms with van der Waals surface area (Å²) < 4.78 is 30.5. The first-order valence-corrected chi connectivity index (χ1v) is 8.53. The van der Waals surface area contributed by atoms with Crippen LogP contribution in [0.15, 0.2) is 54.9 Å². The number of hydrogen-bond donors (Lipinski definition) is 1. The lowest BCUT2D eigenvalue weighted by molar-refractivity contribution is 0.284. The Morgan fingerprint density at radius 3 is 2.56 bits per heavy atom. The molecule has 0 aliphatic rings. The Balaban J connectivity index is 1.78. The van der Waals surface area contributed by atoms with Gasteiger partial charge in [0.15, 0.2) is 0 Å². The number of nitrogens with two attached hydrogens (primary N) is 1. The van der Waals surface area contributed by atoms with Crippen molar-refractivity contribution < 1.29 is 18.6 Å². The molecule has 0 amide bonds. The zero-order valence-electron chi connectivity index (χ0n) is 15.2. The van der Waals surface area contributed by atoms with E-state index in [0.717, 1.165) is 16.9 Å². The molecule has 0 radical (unpaired) electrons. The number of benzene rings is 2. The lowest BCUT2D eigenvalue weighted by Crippen LogP contribution is -2.02. The van der Waals surface area contributed by atoms with Crippen molar-refractivity contribution in [3.8, 4) is 28.4 Å². The third-order valence-corrected chi connectivity index (χ3v) is 4.02. The summed E-state index contributed by atoms with van der Waals surface area (Å²) >= 11 is 0. The number of methoxy groups -OCH3 is 1. The normalized spacial score (nSPS) is 10.5. The molecule has 0 fully saturated rings. The summed E-state index contributed by atoms with van der Waals surface area (Å²) in [4.78, 5) is 4.18. The van der Waals surface area contributed by atoms with Gasteiger partial charge in [-0.05, 0) is 42.8 Å². The van der Waals surface area contributed by atoms with Crippen LogP contribution < -0.4 is 19.9 Å². The number of halogens is 1. The summed E-state index contributed by atoms with van der Waals surface area (Å²) in [5, 5.41) is 0. The lowest BCUT2D eigenvalue weighted by atomic mass is 10.1. The van der Waals surface area contributed by atoms with E-state index in [1.165, 1.54) is 12.1 Å². The zero-order chi connectivity index (χ0) is 19.2. The average molecular weight is 368 g/mol. The van der Waals surface area contributed by atoms with Gasteiger partial charge in [-0.25, -0.2) is 4.39 Å². The van der Waals surface area contributed by atoms with Gasteiger partial charge in [0.2, 0.25) is 0 Å². The van der Waals surface area contributed by atoms with Gasteiger partial charge in [-0.2, -0.15) is 0 Å². The summed E-state index contributed by atoms with van der Waals surface area (Å²) in [6.07, 6.45) is 3.26. The van der Waals surface area contributed by atoms with Gasteiger partial charge in [0, 0.05) is 23.4 Å². The van der Waals surface area contributed by atoms with Crippen molar-refractivity contribution in [3.05, 3.63) is 66.2 Å². The summed E-state index contributed by atoms with van der Waals surface area (Å²) in [5.74, 6) is 1.54. The lowest BCUT2D eigenvalue weighted by Gasteiger charge is -2.13. The quantitative estimate of drug-likeness (QED) is 0.624. The number of ether oxygens (including phenoxy) is 3. The fourth-order valence-electron chi connectivity index (χ4n) is 2.59. The smallest absolute Gasteiger partial charge is 0.146 e. The molecule has 1 heterocycles. The van der Waals surface area contributed by atoms with Crippen LogP contribution in [-0.4, -0.2) is 18.7 Å². The molecule has 0 saturated carbocycles. The maximum absolute atomic E-state index is 13.7. The van der Waals surface area contributed by atoms with Crippen molar-refractivity contribution in [2.45, 2.75) is 13.5 Å². The first kappa shape index (κ1) is 18.5. The van der Waals surface area contributed by atoms with Crippen molar-refractivity contribution in [2.24, 2.45) is 0 Å². The molecule has 3 aromatic rings. The molecule has 0 aliphatic heterocycles. The molecule has 0 bridgehead atoms. The monoisotopic (exact) mass is 368 g/mol. The van der Waals surface area contributed by atoms with E-state index in [9.17, 15) is 4.39 Å². The molecule has 0 aliphatic carbocycles. The first-order valence-electron chi connectivity index (χ1n) is 8.53. The van der Waals surface area contributed by atoms with Crippen molar-refractivity contribution in [2.75, 3.05) is 19.5 Å². The van der Waals surface area contributed by atoms with Gasteiger partial charge < -0.3 is 19.9 Å². The highest BCUT2D eigenvalue weighted by molar-refractivity contribution is 5.66. The topological polar surface area (TPSA) is 66.6 Å². The van der Waals surface area contributed by atoms with Crippen LogP contribution in [-0.2, 0) is 6.61 Å². The van der Waals surface area contributed by atoms with Crippen LogP contribution >= 0.6 is 0 Å². The summed E-state index contributed by atoms with van der Waals surface area (Å²) in [6, 6.07) is 12.0. The molecule has 1 aromatic heterocycles. The van der Waals surface area contributed by atoms with E-state index in [1.807, 2.05) is 31.2 Å². The Kier molecular flexibility index (Phi) is 5.76. The van der Waals surface area contributed by atoms with Crippen molar-refractivity contribution in [1.29, 1.82) is 0 Å². The Hall–Kier alpha value is -3.28. The van der Waals surface area contributed by atoms with Crippen LogP contribution in [0.5, 0.6) is 17.2 Å². The molecule has 2 aromatic carbocycles. The van der Waals surface area contributed by atoms with Gasteiger partial charge >= 0.3 is 0 Å². The maximum Gasteiger partial charge on any atom is 0.146 e. The number of nitrogens with zero attached hydrogens (tertiary/aromatic N) is 1. The van der Waals surface area contributed by atoms with Gasteiger partial charge in [0.1, 0.15) is 29.7 Å². The van der Waals surface area contributed by atoms with Gasteiger partial charge in [-0.15, -0.1) is 0 Å². The van der Waals surface area contributed by atoms with Crippen LogP contribution in [0.3, 0.4) is 0 Å². The molecular formula is C21H21FN2O3. The number of hydrogen-bond acceptors (Lipinski definition) is 5. The van der Waals surface area contributed by atoms with E-state index in [0.29, 0.717) is 30.3 Å². The minimum absolute atomic E-state index is 0.113. The molecule has 0 spiro atoms. The van der Waals surface area contributed by atoms with E-state index < -0.39 is 5.82 Å². The maximum atomic E-state index is 13.7. The Morgan fingerprint density at radius 1 is 0.963 bits per heavy atom. The highest BCUT2D eigenvalue weighted by Crippen LogP contribution is 2.28. The van der Waals surface area contributed by atoms with Crippen LogP contribution in [0.25, 0.3) is 11.1 Å². The number of pyridine rings is 1. The number of nitrogen functional groups attached to an aromatic ring is 1. The first-order chi connectivity index (χ1) is 13.1. The van der Waals surface area contributed by atoms with E-state index in [1.54, 1.807) is 25.6 Å². The van der Waals surface area contributed by atoms with Gasteiger partial charge in [0.05, 0.1) is 25.6 Å². The zero-order valence-corrected chi connectivity index (χ0v) is 15.2. The third kappa shape index (κ3) is 4.47. The standard InChI is InChI=1S/C21H21FN2O3/c1-3-26-21-10-17(25-2)6-4-15(21)13-27-18-8-16(11-24-12-18)14-5-7-20(23)19(22)9-14/h4-12H,3,13,23H2,1-2H3. The minimum Gasteiger partial charge on any atom is -0.497 e. The summed E-state index contributed by atoms with van der Waals surface area (Å²) in [5.41, 5.74) is 7.96. The Morgan fingerprint density at radius 2 is 1.81 bits per heavy atom. The molecule has 0 saturated heterocycles. The second kappa shape index (κ2) is 8.40. The summed E-state index contributed by atoms with van der Waals surface area (Å²) in [6.45, 7) is 2.77. The molecule has 140 valence electrons. The molecule has 6 heteroatoms. The van der Waals surface area contributed by atoms with E-state index in [2.05, 4.69) is 4.98 Å². The SMILES string of the molecule is CCOc1cc(OC)ccc1COc1cncc(-c2ccc(N)c(F)c2)c1. The second-order valence-electron chi connectivity index (χ2n) is 5.84. The molecular weight excluding hydrogens is 347 g/mol. The van der Waals surface area contributed by atoms with Crippen LogP contribution in [0, 0.1) is 5.82 Å². The van der Waals surface area contributed by atoms with Crippen molar-refractivity contribution >= 4 is 5.69 Å². The van der Waals surface area contributed by atoms with Gasteiger partial charge in [-0.3, -0.25) is 4.98 Å². The van der Waals surface area contributed by atoms with Crippen LogP contribution in [0.1, 0.15) is 12.5 Å². The fourth-order valence-corrected chi connectivity index (χ4v) is 2.59. The van der Waals surface area contributed by atoms with Gasteiger partial charge in [-0.1, -0.05) is 6.07 Å². The highest BCUT2D eigenvalue weighted by Gasteiger charge is 2.08. The van der Waals surface area contributed by atoms with E-state index >= 15 is 0 Å². The molecule has 27 heavy (non-hydrogen) atoms. The Bertz CT molecular complexity index is 931. The van der Waals surface area contributed by atoms with Crippen molar-refractivity contribution in [3.63, 3.8) is 0 Å². The van der Waals surface area contributed by atoms with Gasteiger partial charge in [0.25, 0.3) is 0 Å². The molecule has 3 rings (SSSR count). The van der Waals surface area contributed by atoms with Crippen LogP contribution in [0.2, 0.25) is 0 Å². The largest absolute Gasteiger partial charge is 0.497 e. The molecule has 2 N–H and O–H groups in total. The summed E-state index contributed by atoms with van der Waals surface area (Å²) in [7, 11) is 1.61. The van der Waals surface area contributed by atoms with E-state index in [4.69, 9.17) is 19.9 Å². The second-order valence-corrected chi connectivity index (χ2v) is 5.84. The highest BCUT2D eigenvalue weighted by atomic mass is 19.1. The Labute approximate surface area is 157 Å². The predicted octanol–water partition coefficient (Wildman–Crippen LogP) is 4.46. The fraction of sp³-hybridized carbons (Fsp3) is 0.190. The van der Waals surface area contributed by atoms with E-state index in [-0.39, 0.29) is 5.69 Å². The van der Waals surface area contributed by atoms with Crippen LogP contribution in [0.4, 0.5) is 10.1 Å². The molecule has 0 atom stereocenters. The number of rotatable bonds is 7. The predicted molar refractivity (Wildman–Crippen MR) is 103 cm³/mol. The molecule has 0 unspecified atom stereocenters. The van der Waals surface area contributed by atoms with Crippen molar-refractivity contribution in [1.82, 2.24) is 4.98 Å².